The first kappa shape index (κ1) is 12.4. The SMILES string of the molecule is C/C=C\C(C)=C/CN[C@H](C)C(C)C. The molecule has 0 aromatic carbocycles. The van der Waals surface area contributed by atoms with Crippen LogP contribution in [0.1, 0.15) is 34.6 Å². The first-order chi connectivity index (χ1) is 6.07. The van der Waals surface area contributed by atoms with Gasteiger partial charge in [-0.05, 0) is 26.7 Å². The molecular formula is C12H23N. The number of hydrogen-bond acceptors (Lipinski definition) is 1. The molecule has 0 aliphatic carbocycles. The van der Waals surface area contributed by atoms with Crippen molar-refractivity contribution >= 4 is 0 Å². The van der Waals surface area contributed by atoms with Crippen molar-refractivity contribution in [2.24, 2.45) is 5.92 Å². The summed E-state index contributed by atoms with van der Waals surface area (Å²) in [4.78, 5) is 0. The van der Waals surface area contributed by atoms with Gasteiger partial charge in [0.2, 0.25) is 0 Å². The molecule has 0 aromatic heterocycles. The zero-order valence-electron chi connectivity index (χ0n) is 9.59. The lowest BCUT2D eigenvalue weighted by Crippen LogP contribution is -2.30. The van der Waals surface area contributed by atoms with Crippen molar-refractivity contribution in [1.82, 2.24) is 5.32 Å². The molecule has 13 heavy (non-hydrogen) atoms. The fourth-order valence-corrected chi connectivity index (χ4v) is 0.972. The molecule has 0 bridgehead atoms. The van der Waals surface area contributed by atoms with Crippen LogP contribution in [0.15, 0.2) is 23.8 Å². The van der Waals surface area contributed by atoms with Crippen LogP contribution in [-0.4, -0.2) is 12.6 Å². The second-order valence-electron chi connectivity index (χ2n) is 3.89. The highest BCUT2D eigenvalue weighted by Gasteiger charge is 2.03. The van der Waals surface area contributed by atoms with Gasteiger partial charge in [0.15, 0.2) is 0 Å². The first-order valence-electron chi connectivity index (χ1n) is 5.10. The monoisotopic (exact) mass is 181 g/mol. The van der Waals surface area contributed by atoms with Crippen LogP contribution < -0.4 is 5.32 Å². The lowest BCUT2D eigenvalue weighted by molar-refractivity contribution is 0.444. The predicted molar refractivity (Wildman–Crippen MR) is 60.9 cm³/mol. The molecule has 0 saturated heterocycles. The maximum Gasteiger partial charge on any atom is 0.0143 e. The second kappa shape index (κ2) is 6.90. The largest absolute Gasteiger partial charge is 0.311 e. The molecule has 0 radical (unpaired) electrons. The average Bonchev–Trinajstić information content (AvgIpc) is 2.04. The smallest absolute Gasteiger partial charge is 0.0143 e. The molecule has 1 heteroatoms. The molecule has 0 heterocycles. The van der Waals surface area contributed by atoms with Crippen LogP contribution >= 0.6 is 0 Å². The maximum atomic E-state index is 3.46. The highest BCUT2D eigenvalue weighted by atomic mass is 14.9. The predicted octanol–water partition coefficient (Wildman–Crippen LogP) is 3.14. The van der Waals surface area contributed by atoms with Gasteiger partial charge in [0.05, 0.1) is 0 Å². The Balaban J connectivity index is 3.71. The molecule has 0 aromatic rings. The summed E-state index contributed by atoms with van der Waals surface area (Å²) in [6, 6.07) is 0.592. The maximum absolute atomic E-state index is 3.46. The van der Waals surface area contributed by atoms with Crippen LogP contribution in [-0.2, 0) is 0 Å². The molecule has 0 aliphatic rings. The molecule has 0 aliphatic heterocycles. The summed E-state index contributed by atoms with van der Waals surface area (Å²) in [6.45, 7) is 11.8. The molecular weight excluding hydrogens is 158 g/mol. The van der Waals surface area contributed by atoms with E-state index in [1.54, 1.807) is 0 Å². The normalized spacial score (nSPS) is 15.7. The molecule has 0 saturated carbocycles. The van der Waals surface area contributed by atoms with Gasteiger partial charge in [-0.2, -0.15) is 0 Å². The number of nitrogens with one attached hydrogen (secondary N) is 1. The second-order valence-corrected chi connectivity index (χ2v) is 3.89. The molecule has 1 N–H and O–H groups in total. The Morgan fingerprint density at radius 3 is 2.38 bits per heavy atom. The van der Waals surface area contributed by atoms with Gasteiger partial charge >= 0.3 is 0 Å². The van der Waals surface area contributed by atoms with E-state index in [0.29, 0.717) is 12.0 Å². The zero-order valence-corrected chi connectivity index (χ0v) is 9.59. The van der Waals surface area contributed by atoms with Crippen molar-refractivity contribution in [3.8, 4) is 0 Å². The Morgan fingerprint density at radius 2 is 1.92 bits per heavy atom. The van der Waals surface area contributed by atoms with Crippen LogP contribution in [0.3, 0.4) is 0 Å². The molecule has 1 nitrogen and oxygen atoms in total. The van der Waals surface area contributed by atoms with Gasteiger partial charge in [-0.15, -0.1) is 0 Å². The van der Waals surface area contributed by atoms with Crippen LogP contribution in [0.4, 0.5) is 0 Å². The van der Waals surface area contributed by atoms with E-state index in [9.17, 15) is 0 Å². The summed E-state index contributed by atoms with van der Waals surface area (Å²) < 4.78 is 0. The summed E-state index contributed by atoms with van der Waals surface area (Å²) >= 11 is 0. The standard InChI is InChI=1S/C12H23N/c1-6-7-11(4)8-9-13-12(5)10(2)3/h6-8,10,12-13H,9H2,1-5H3/b7-6-,11-8-/t12-/m1/s1. The molecule has 1 atom stereocenters. The van der Waals surface area contributed by atoms with Crippen LogP contribution in [0.2, 0.25) is 0 Å². The Hall–Kier alpha value is -0.560. The van der Waals surface area contributed by atoms with Gasteiger partial charge in [-0.3, -0.25) is 0 Å². The molecule has 0 amide bonds. The van der Waals surface area contributed by atoms with E-state index >= 15 is 0 Å². The summed E-state index contributed by atoms with van der Waals surface area (Å²) in [5.74, 6) is 0.704. The Labute approximate surface area is 82.9 Å². The minimum atomic E-state index is 0.592. The third kappa shape index (κ3) is 6.59. The van der Waals surface area contributed by atoms with E-state index in [4.69, 9.17) is 0 Å². The van der Waals surface area contributed by atoms with Crippen molar-refractivity contribution in [3.05, 3.63) is 23.8 Å². The Bertz CT molecular complexity index is 178. The number of rotatable bonds is 5. The zero-order chi connectivity index (χ0) is 10.3. The number of hydrogen-bond donors (Lipinski definition) is 1. The summed E-state index contributed by atoms with van der Waals surface area (Å²) in [7, 11) is 0. The van der Waals surface area contributed by atoms with Crippen molar-refractivity contribution in [2.75, 3.05) is 6.54 Å². The van der Waals surface area contributed by atoms with Crippen molar-refractivity contribution in [2.45, 2.75) is 40.7 Å². The minimum absolute atomic E-state index is 0.592. The molecule has 0 rings (SSSR count). The average molecular weight is 181 g/mol. The van der Waals surface area contributed by atoms with Crippen molar-refractivity contribution < 1.29 is 0 Å². The number of allylic oxidation sites excluding steroid dienone is 3. The fraction of sp³-hybridized carbons (Fsp3) is 0.667. The van der Waals surface area contributed by atoms with Crippen LogP contribution in [0.5, 0.6) is 0 Å². The van der Waals surface area contributed by atoms with Crippen molar-refractivity contribution in [3.63, 3.8) is 0 Å². The van der Waals surface area contributed by atoms with Crippen LogP contribution in [0, 0.1) is 5.92 Å². The van der Waals surface area contributed by atoms with Gasteiger partial charge in [0.25, 0.3) is 0 Å². The lowest BCUT2D eigenvalue weighted by Gasteiger charge is -2.15. The van der Waals surface area contributed by atoms with Gasteiger partial charge in [-0.25, -0.2) is 0 Å². The highest BCUT2D eigenvalue weighted by Crippen LogP contribution is 1.99. The quantitative estimate of drug-likeness (QED) is 0.642. The molecule has 0 unspecified atom stereocenters. The Morgan fingerprint density at radius 1 is 1.31 bits per heavy atom. The van der Waals surface area contributed by atoms with Gasteiger partial charge in [0, 0.05) is 12.6 Å². The first-order valence-corrected chi connectivity index (χ1v) is 5.10. The van der Waals surface area contributed by atoms with Gasteiger partial charge in [0.1, 0.15) is 0 Å². The van der Waals surface area contributed by atoms with E-state index in [1.807, 2.05) is 6.92 Å². The summed E-state index contributed by atoms with van der Waals surface area (Å²) in [6.07, 6.45) is 6.41. The topological polar surface area (TPSA) is 12.0 Å². The summed E-state index contributed by atoms with van der Waals surface area (Å²) in [5, 5.41) is 3.46. The summed E-state index contributed by atoms with van der Waals surface area (Å²) in [5.41, 5.74) is 1.32. The fourth-order valence-electron chi connectivity index (χ4n) is 0.972. The minimum Gasteiger partial charge on any atom is -0.311 e. The van der Waals surface area contributed by atoms with E-state index in [0.717, 1.165) is 6.54 Å². The molecule has 0 fully saturated rings. The third-order valence-electron chi connectivity index (χ3n) is 2.29. The molecule has 0 spiro atoms. The van der Waals surface area contributed by atoms with Crippen LogP contribution in [0.25, 0.3) is 0 Å². The van der Waals surface area contributed by atoms with Gasteiger partial charge in [-0.1, -0.05) is 37.6 Å². The van der Waals surface area contributed by atoms with E-state index in [1.165, 1.54) is 5.57 Å². The van der Waals surface area contributed by atoms with Gasteiger partial charge < -0.3 is 5.32 Å². The van der Waals surface area contributed by atoms with Crippen molar-refractivity contribution in [1.29, 1.82) is 0 Å². The lowest BCUT2D eigenvalue weighted by atomic mass is 10.1. The van der Waals surface area contributed by atoms with E-state index < -0.39 is 0 Å². The van der Waals surface area contributed by atoms with E-state index in [2.05, 4.69) is 51.2 Å². The third-order valence-corrected chi connectivity index (χ3v) is 2.29. The molecule has 76 valence electrons. The van der Waals surface area contributed by atoms with E-state index in [-0.39, 0.29) is 0 Å². The Kier molecular flexibility index (Phi) is 6.61. The highest BCUT2D eigenvalue weighted by molar-refractivity contribution is 5.15.